The van der Waals surface area contributed by atoms with Gasteiger partial charge in [-0.3, -0.25) is 4.98 Å². The highest BCUT2D eigenvalue weighted by molar-refractivity contribution is 6.33. The second-order valence-corrected chi connectivity index (χ2v) is 6.16. The molecule has 8 heteroatoms. The number of hydrogen-bond donors (Lipinski definition) is 2. The van der Waals surface area contributed by atoms with Crippen LogP contribution in [0.3, 0.4) is 0 Å². The van der Waals surface area contributed by atoms with E-state index in [2.05, 4.69) is 15.1 Å². The molecule has 2 N–H and O–H groups in total. The first-order chi connectivity index (χ1) is 12.5. The van der Waals surface area contributed by atoms with Crippen LogP contribution in [0.4, 0.5) is 11.6 Å². The topological polar surface area (TPSA) is 86.8 Å². The zero-order valence-electron chi connectivity index (χ0n) is 13.7. The minimum Gasteiger partial charge on any atom is -0.508 e. The number of fused-ring (bicyclic) bond motifs is 1. The van der Waals surface area contributed by atoms with Crippen molar-refractivity contribution in [1.82, 2.24) is 19.6 Å². The summed E-state index contributed by atoms with van der Waals surface area (Å²) in [4.78, 5) is 10.2. The molecule has 0 fully saturated rings. The van der Waals surface area contributed by atoms with E-state index in [0.717, 1.165) is 5.56 Å². The molecule has 0 saturated carbocycles. The van der Waals surface area contributed by atoms with Gasteiger partial charge in [-0.15, -0.1) is 5.10 Å². The number of aromatic nitrogens is 4. The smallest absolute Gasteiger partial charge is 0.249 e. The molecular weight excluding hydrogens is 354 g/mol. The SMILES string of the molecule is CN(c1cncc(O)c1)c1nc2ccc(-c3cc(O)ccc3Cl)cn2n1. The van der Waals surface area contributed by atoms with Gasteiger partial charge in [-0.05, 0) is 30.3 Å². The van der Waals surface area contributed by atoms with Crippen molar-refractivity contribution in [2.45, 2.75) is 0 Å². The highest BCUT2D eigenvalue weighted by Gasteiger charge is 2.13. The first-order valence-corrected chi connectivity index (χ1v) is 8.12. The lowest BCUT2D eigenvalue weighted by molar-refractivity contribution is 0.472. The van der Waals surface area contributed by atoms with E-state index in [9.17, 15) is 10.2 Å². The number of phenolic OH excluding ortho intramolecular Hbond substituents is 1. The Kier molecular flexibility index (Phi) is 3.85. The summed E-state index contributed by atoms with van der Waals surface area (Å²) in [5, 5.41) is 24.3. The van der Waals surface area contributed by atoms with E-state index in [1.807, 2.05) is 12.1 Å². The van der Waals surface area contributed by atoms with Crippen LogP contribution in [0.1, 0.15) is 0 Å². The third-order valence-corrected chi connectivity index (χ3v) is 4.31. The molecule has 4 aromatic rings. The van der Waals surface area contributed by atoms with Gasteiger partial charge in [0.15, 0.2) is 5.65 Å². The number of nitrogens with zero attached hydrogens (tertiary/aromatic N) is 5. The Morgan fingerprint density at radius 2 is 1.88 bits per heavy atom. The summed E-state index contributed by atoms with van der Waals surface area (Å²) in [6.45, 7) is 0. The number of rotatable bonds is 3. The summed E-state index contributed by atoms with van der Waals surface area (Å²) >= 11 is 6.24. The predicted octanol–water partition coefficient (Wildman–Crippen LogP) is 3.62. The van der Waals surface area contributed by atoms with Crippen molar-refractivity contribution < 1.29 is 10.2 Å². The lowest BCUT2D eigenvalue weighted by Crippen LogP contribution is -2.11. The van der Waals surface area contributed by atoms with Crippen LogP contribution in [-0.2, 0) is 0 Å². The second-order valence-electron chi connectivity index (χ2n) is 5.76. The summed E-state index contributed by atoms with van der Waals surface area (Å²) in [6, 6.07) is 10.1. The number of anilines is 2. The van der Waals surface area contributed by atoms with E-state index in [1.54, 1.807) is 47.1 Å². The maximum Gasteiger partial charge on any atom is 0.249 e. The first-order valence-electron chi connectivity index (χ1n) is 7.74. The van der Waals surface area contributed by atoms with E-state index in [0.29, 0.717) is 27.9 Å². The minimum absolute atomic E-state index is 0.0685. The zero-order valence-corrected chi connectivity index (χ0v) is 14.5. The number of phenols is 1. The molecule has 26 heavy (non-hydrogen) atoms. The van der Waals surface area contributed by atoms with E-state index < -0.39 is 0 Å². The maximum absolute atomic E-state index is 9.71. The largest absolute Gasteiger partial charge is 0.508 e. The number of benzene rings is 1. The fourth-order valence-electron chi connectivity index (χ4n) is 2.62. The summed E-state index contributed by atoms with van der Waals surface area (Å²) in [6.07, 6.45) is 4.77. The number of halogens is 1. The van der Waals surface area contributed by atoms with Crippen LogP contribution in [-0.4, -0.2) is 36.8 Å². The Bertz CT molecular complexity index is 1110. The van der Waals surface area contributed by atoms with Gasteiger partial charge in [-0.25, -0.2) is 4.52 Å². The van der Waals surface area contributed by atoms with Crippen LogP contribution < -0.4 is 4.90 Å². The van der Waals surface area contributed by atoms with Crippen LogP contribution in [0.25, 0.3) is 16.8 Å². The first kappa shape index (κ1) is 16.2. The van der Waals surface area contributed by atoms with Crippen molar-refractivity contribution in [3.63, 3.8) is 0 Å². The molecule has 0 aliphatic rings. The minimum atomic E-state index is 0.0685. The van der Waals surface area contributed by atoms with E-state index in [-0.39, 0.29) is 11.5 Å². The third kappa shape index (κ3) is 2.89. The van der Waals surface area contributed by atoms with Gasteiger partial charge >= 0.3 is 0 Å². The lowest BCUT2D eigenvalue weighted by atomic mass is 10.1. The van der Waals surface area contributed by atoms with Gasteiger partial charge in [0.2, 0.25) is 5.95 Å². The lowest BCUT2D eigenvalue weighted by Gasteiger charge is -2.13. The molecule has 0 spiro atoms. The molecule has 0 saturated heterocycles. The molecule has 0 aliphatic heterocycles. The molecule has 130 valence electrons. The molecule has 0 atom stereocenters. The number of pyridine rings is 2. The second kappa shape index (κ2) is 6.20. The molecule has 1 aromatic carbocycles. The fraction of sp³-hybridized carbons (Fsp3) is 0.0556. The molecule has 7 nitrogen and oxygen atoms in total. The zero-order chi connectivity index (χ0) is 18.3. The highest BCUT2D eigenvalue weighted by atomic mass is 35.5. The molecule has 0 amide bonds. The Balaban J connectivity index is 1.75. The van der Waals surface area contributed by atoms with E-state index in [1.165, 1.54) is 12.3 Å². The van der Waals surface area contributed by atoms with Crippen molar-refractivity contribution in [1.29, 1.82) is 0 Å². The third-order valence-electron chi connectivity index (χ3n) is 3.98. The Hall–Kier alpha value is -3.32. The van der Waals surface area contributed by atoms with Gasteiger partial charge < -0.3 is 15.1 Å². The van der Waals surface area contributed by atoms with Crippen LogP contribution >= 0.6 is 11.6 Å². The normalized spacial score (nSPS) is 11.0. The summed E-state index contributed by atoms with van der Waals surface area (Å²) in [7, 11) is 1.79. The molecule has 0 aliphatic carbocycles. The Labute approximate surface area is 153 Å². The Morgan fingerprint density at radius 1 is 1.04 bits per heavy atom. The monoisotopic (exact) mass is 367 g/mol. The predicted molar refractivity (Wildman–Crippen MR) is 99.1 cm³/mol. The summed E-state index contributed by atoms with van der Waals surface area (Å²) in [5.41, 5.74) is 2.82. The van der Waals surface area contributed by atoms with Crippen molar-refractivity contribution >= 4 is 28.9 Å². The molecular formula is C18H14ClN5O2. The van der Waals surface area contributed by atoms with Crippen LogP contribution in [0.15, 0.2) is 55.0 Å². The maximum atomic E-state index is 9.71. The number of hydrogen-bond acceptors (Lipinski definition) is 6. The Morgan fingerprint density at radius 3 is 2.69 bits per heavy atom. The highest BCUT2D eigenvalue weighted by Crippen LogP contribution is 2.31. The molecule has 0 unspecified atom stereocenters. The molecule has 0 radical (unpaired) electrons. The van der Waals surface area contributed by atoms with E-state index >= 15 is 0 Å². The van der Waals surface area contributed by atoms with Crippen molar-refractivity contribution in [3.8, 4) is 22.6 Å². The fourth-order valence-corrected chi connectivity index (χ4v) is 2.85. The van der Waals surface area contributed by atoms with Crippen molar-refractivity contribution in [3.05, 3.63) is 60.0 Å². The van der Waals surface area contributed by atoms with Crippen LogP contribution in [0.2, 0.25) is 5.02 Å². The van der Waals surface area contributed by atoms with Gasteiger partial charge in [0.25, 0.3) is 0 Å². The van der Waals surface area contributed by atoms with Crippen molar-refractivity contribution in [2.24, 2.45) is 0 Å². The van der Waals surface area contributed by atoms with Crippen molar-refractivity contribution in [2.75, 3.05) is 11.9 Å². The molecule has 0 bridgehead atoms. The van der Waals surface area contributed by atoms with Gasteiger partial charge in [0.05, 0.1) is 18.1 Å². The summed E-state index contributed by atoms with van der Waals surface area (Å²) < 4.78 is 1.64. The molecule has 4 rings (SSSR count). The number of aromatic hydroxyl groups is 2. The van der Waals surface area contributed by atoms with Crippen LogP contribution in [0, 0.1) is 0 Å². The van der Waals surface area contributed by atoms with Gasteiger partial charge in [0.1, 0.15) is 11.5 Å². The van der Waals surface area contributed by atoms with Crippen LogP contribution in [0.5, 0.6) is 11.5 Å². The van der Waals surface area contributed by atoms with Gasteiger partial charge in [-0.2, -0.15) is 4.98 Å². The summed E-state index contributed by atoms with van der Waals surface area (Å²) in [5.74, 6) is 0.662. The average molecular weight is 368 g/mol. The molecule has 3 heterocycles. The molecule has 3 aromatic heterocycles. The quantitative estimate of drug-likeness (QED) is 0.575. The average Bonchev–Trinajstić information content (AvgIpc) is 3.06. The van der Waals surface area contributed by atoms with E-state index in [4.69, 9.17) is 11.6 Å². The standard InChI is InChI=1S/C18H14ClN5O2/c1-23(12-6-14(26)9-20-8-12)18-21-17-5-2-11(10-24(17)22-18)15-7-13(25)3-4-16(15)19/h2-10,25-26H,1H3. The van der Waals surface area contributed by atoms with Gasteiger partial charge in [-0.1, -0.05) is 11.6 Å². The van der Waals surface area contributed by atoms with Gasteiger partial charge in [0, 0.05) is 35.5 Å².